The number of hydrogen-bond donors (Lipinski definition) is 0. The van der Waals surface area contributed by atoms with Crippen LogP contribution in [-0.4, -0.2) is 41.0 Å². The highest BCUT2D eigenvalue weighted by Crippen LogP contribution is 2.48. The van der Waals surface area contributed by atoms with Crippen molar-refractivity contribution in [2.45, 2.75) is 63.5 Å². The predicted octanol–water partition coefficient (Wildman–Crippen LogP) is 5.62. The van der Waals surface area contributed by atoms with Crippen LogP contribution >= 0.6 is 11.8 Å². The number of thioether (sulfide) groups is 1. The van der Waals surface area contributed by atoms with E-state index in [0.717, 1.165) is 24.4 Å². The molecule has 1 aliphatic carbocycles. The molecule has 1 saturated heterocycles. The van der Waals surface area contributed by atoms with Gasteiger partial charge in [0.15, 0.2) is 6.61 Å². The van der Waals surface area contributed by atoms with Crippen LogP contribution in [0.3, 0.4) is 0 Å². The Balaban J connectivity index is 1.66. The summed E-state index contributed by atoms with van der Waals surface area (Å²) in [7, 11) is 0. The van der Waals surface area contributed by atoms with E-state index in [1.807, 2.05) is 36.1 Å². The molecule has 1 heterocycles. The Morgan fingerprint density at radius 2 is 2.11 bits per heavy atom. The molecule has 3 rings (SSSR count). The smallest absolute Gasteiger partial charge is 0.260 e. The number of allylic oxidation sites excluding steroid dienone is 2. The van der Waals surface area contributed by atoms with Crippen molar-refractivity contribution in [2.75, 3.05) is 25.4 Å². The molecule has 0 spiro atoms. The first-order valence-corrected chi connectivity index (χ1v) is 11.9. The fraction of sp³-hybridized carbons (Fsp3) is 0.625. The maximum absolute atomic E-state index is 13.0. The molecule has 0 aromatic heterocycles. The van der Waals surface area contributed by atoms with Crippen LogP contribution in [0.1, 0.15) is 57.4 Å². The molecular weight excluding hydrogens is 366 g/mol. The molecule has 3 nitrogen and oxygen atoms in total. The summed E-state index contributed by atoms with van der Waals surface area (Å²) in [5, 5.41) is 0. The number of aryl methyl sites for hydroxylation is 1. The molecule has 1 aromatic carbocycles. The number of rotatable bonds is 7. The molecule has 154 valence electrons. The second-order valence-corrected chi connectivity index (χ2v) is 9.68. The summed E-state index contributed by atoms with van der Waals surface area (Å²) >= 11 is 2.12. The van der Waals surface area contributed by atoms with Crippen LogP contribution in [0.5, 0.6) is 5.75 Å². The van der Waals surface area contributed by atoms with Crippen LogP contribution in [0.15, 0.2) is 36.4 Å². The second-order valence-electron chi connectivity index (χ2n) is 8.17. The number of nitrogens with zero attached hydrogens (tertiary/aromatic N) is 1. The van der Waals surface area contributed by atoms with E-state index in [0.29, 0.717) is 5.92 Å². The minimum Gasteiger partial charge on any atom is -0.484 e. The van der Waals surface area contributed by atoms with E-state index in [2.05, 4.69) is 30.8 Å². The molecule has 1 amide bonds. The molecule has 1 aliphatic heterocycles. The number of hydrogen-bond acceptors (Lipinski definition) is 3. The van der Waals surface area contributed by atoms with Gasteiger partial charge in [-0.05, 0) is 75.7 Å². The van der Waals surface area contributed by atoms with E-state index in [1.165, 1.54) is 50.7 Å². The van der Waals surface area contributed by atoms with Crippen molar-refractivity contribution in [2.24, 2.45) is 5.92 Å². The molecule has 1 aromatic rings. The standard InChI is InChI=1S/C24H35NO2S/c1-3-25(23(26)18-27-22-15-10-9-12-20(22)2)19-24(16-11-17-28-24)21-13-7-5-4-6-8-14-21/h5,7,9-10,12,15,21H,3-4,6,8,11,13-14,16-19H2,1-2H3/b7-5-. The molecule has 0 bridgehead atoms. The van der Waals surface area contributed by atoms with Gasteiger partial charge in [-0.25, -0.2) is 0 Å². The maximum Gasteiger partial charge on any atom is 0.260 e. The number of amides is 1. The van der Waals surface area contributed by atoms with E-state index in [1.54, 1.807) is 0 Å². The average Bonchev–Trinajstić information content (AvgIpc) is 3.14. The Kier molecular flexibility index (Phi) is 7.90. The summed E-state index contributed by atoms with van der Waals surface area (Å²) in [5.41, 5.74) is 1.07. The third-order valence-electron chi connectivity index (χ3n) is 6.28. The summed E-state index contributed by atoms with van der Waals surface area (Å²) in [6.45, 7) is 5.86. The number of likely N-dealkylation sites (N-methyl/N-ethyl adjacent to an activating group) is 1. The van der Waals surface area contributed by atoms with Gasteiger partial charge < -0.3 is 9.64 Å². The van der Waals surface area contributed by atoms with Gasteiger partial charge in [0, 0.05) is 17.8 Å². The summed E-state index contributed by atoms with van der Waals surface area (Å²) in [4.78, 5) is 15.0. The molecule has 28 heavy (non-hydrogen) atoms. The molecule has 0 radical (unpaired) electrons. The minimum atomic E-state index is 0.110. The first kappa shape index (κ1) is 21.3. The third-order valence-corrected chi connectivity index (χ3v) is 8.01. The van der Waals surface area contributed by atoms with E-state index >= 15 is 0 Å². The van der Waals surface area contributed by atoms with Crippen LogP contribution in [0.2, 0.25) is 0 Å². The summed E-state index contributed by atoms with van der Waals surface area (Å²) in [6.07, 6.45) is 13.6. The minimum absolute atomic E-state index is 0.110. The number of ether oxygens (including phenoxy) is 1. The van der Waals surface area contributed by atoms with Gasteiger partial charge >= 0.3 is 0 Å². The second kappa shape index (κ2) is 10.4. The Bertz CT molecular complexity index is 666. The summed E-state index contributed by atoms with van der Waals surface area (Å²) in [6, 6.07) is 7.90. The number of carbonyl (C=O) groups is 1. The first-order chi connectivity index (χ1) is 13.6. The van der Waals surface area contributed by atoms with E-state index in [9.17, 15) is 4.79 Å². The third kappa shape index (κ3) is 5.34. The zero-order valence-electron chi connectivity index (χ0n) is 17.5. The zero-order chi connectivity index (χ0) is 19.8. The van der Waals surface area contributed by atoms with Crippen molar-refractivity contribution in [3.63, 3.8) is 0 Å². The summed E-state index contributed by atoms with van der Waals surface area (Å²) < 4.78 is 6.07. The molecule has 0 N–H and O–H groups in total. The van der Waals surface area contributed by atoms with Crippen LogP contribution in [0, 0.1) is 12.8 Å². The topological polar surface area (TPSA) is 29.5 Å². The normalized spacial score (nSPS) is 26.3. The SMILES string of the molecule is CCN(CC1(C2C/C=C\CCCC2)CCCS1)C(=O)COc1ccccc1C. The van der Waals surface area contributed by atoms with Crippen LogP contribution in [0.25, 0.3) is 0 Å². The van der Waals surface area contributed by atoms with Gasteiger partial charge in [-0.15, -0.1) is 0 Å². The molecule has 2 aliphatic rings. The molecule has 0 saturated carbocycles. The Morgan fingerprint density at radius 1 is 1.25 bits per heavy atom. The number of carbonyl (C=O) groups excluding carboxylic acids is 1. The largest absolute Gasteiger partial charge is 0.484 e. The van der Waals surface area contributed by atoms with Gasteiger partial charge in [-0.2, -0.15) is 11.8 Å². The molecule has 1 fully saturated rings. The zero-order valence-corrected chi connectivity index (χ0v) is 18.3. The lowest BCUT2D eigenvalue weighted by Gasteiger charge is -2.41. The van der Waals surface area contributed by atoms with Crippen molar-refractivity contribution >= 4 is 17.7 Å². The quantitative estimate of drug-likeness (QED) is 0.555. The molecule has 2 atom stereocenters. The highest BCUT2D eigenvalue weighted by Gasteiger charge is 2.43. The van der Waals surface area contributed by atoms with Gasteiger partial charge in [0.1, 0.15) is 5.75 Å². The Labute approximate surface area is 174 Å². The lowest BCUT2D eigenvalue weighted by atomic mass is 9.80. The van der Waals surface area contributed by atoms with Gasteiger partial charge in [0.25, 0.3) is 5.91 Å². The van der Waals surface area contributed by atoms with Crippen molar-refractivity contribution in [1.82, 2.24) is 4.90 Å². The van der Waals surface area contributed by atoms with Crippen LogP contribution in [0.4, 0.5) is 0 Å². The van der Waals surface area contributed by atoms with E-state index < -0.39 is 0 Å². The average molecular weight is 402 g/mol. The maximum atomic E-state index is 13.0. The summed E-state index contributed by atoms with van der Waals surface area (Å²) in [5.74, 6) is 2.82. The van der Waals surface area contributed by atoms with Gasteiger partial charge in [-0.3, -0.25) is 4.79 Å². The number of benzene rings is 1. The fourth-order valence-electron chi connectivity index (χ4n) is 4.57. The molecule has 2 unspecified atom stereocenters. The Morgan fingerprint density at radius 3 is 2.86 bits per heavy atom. The number of para-hydroxylation sites is 1. The monoisotopic (exact) mass is 401 g/mol. The van der Waals surface area contributed by atoms with E-state index in [4.69, 9.17) is 4.74 Å². The first-order valence-electron chi connectivity index (χ1n) is 10.9. The highest BCUT2D eigenvalue weighted by molar-refractivity contribution is 8.00. The molecular formula is C24H35NO2S. The lowest BCUT2D eigenvalue weighted by molar-refractivity contribution is -0.133. The van der Waals surface area contributed by atoms with Gasteiger partial charge in [0.2, 0.25) is 0 Å². The van der Waals surface area contributed by atoms with Crippen molar-refractivity contribution in [3.05, 3.63) is 42.0 Å². The van der Waals surface area contributed by atoms with Crippen LogP contribution < -0.4 is 4.74 Å². The van der Waals surface area contributed by atoms with Crippen molar-refractivity contribution in [1.29, 1.82) is 0 Å². The van der Waals surface area contributed by atoms with Gasteiger partial charge in [-0.1, -0.05) is 36.8 Å². The van der Waals surface area contributed by atoms with Gasteiger partial charge in [0.05, 0.1) is 0 Å². The molecule has 4 heteroatoms. The van der Waals surface area contributed by atoms with Crippen molar-refractivity contribution in [3.8, 4) is 5.75 Å². The predicted molar refractivity (Wildman–Crippen MR) is 119 cm³/mol. The lowest BCUT2D eigenvalue weighted by Crippen LogP contribution is -2.48. The fourth-order valence-corrected chi connectivity index (χ4v) is 6.25. The highest BCUT2D eigenvalue weighted by atomic mass is 32.2. The van der Waals surface area contributed by atoms with E-state index in [-0.39, 0.29) is 17.3 Å². The van der Waals surface area contributed by atoms with Crippen LogP contribution in [-0.2, 0) is 4.79 Å². The Hall–Kier alpha value is -1.42. The van der Waals surface area contributed by atoms with Crippen molar-refractivity contribution < 1.29 is 9.53 Å².